The lowest BCUT2D eigenvalue weighted by Crippen LogP contribution is -2.33. The third kappa shape index (κ3) is 3.33. The van der Waals surface area contributed by atoms with Crippen LogP contribution in [0.5, 0.6) is 11.6 Å². The third-order valence-electron chi connectivity index (χ3n) is 3.71. The van der Waals surface area contributed by atoms with Crippen LogP contribution in [0.2, 0.25) is 5.02 Å². The second kappa shape index (κ2) is 6.88. The van der Waals surface area contributed by atoms with Gasteiger partial charge in [-0.2, -0.15) is 0 Å². The topological polar surface area (TPSA) is 62.7 Å². The summed E-state index contributed by atoms with van der Waals surface area (Å²) in [7, 11) is 0. The van der Waals surface area contributed by atoms with Crippen LogP contribution in [-0.2, 0) is 0 Å². The number of rotatable bonds is 3. The van der Waals surface area contributed by atoms with Crippen molar-refractivity contribution < 1.29 is 19.0 Å². The molecule has 0 bridgehead atoms. The summed E-state index contributed by atoms with van der Waals surface area (Å²) < 4.78 is 19.5. The molecule has 2 aromatic rings. The molecule has 1 aromatic carbocycles. The van der Waals surface area contributed by atoms with Crippen LogP contribution in [0.4, 0.5) is 9.18 Å². The number of benzene rings is 1. The Morgan fingerprint density at radius 2 is 2.17 bits per heavy atom. The first kappa shape index (κ1) is 16.3. The minimum Gasteiger partial charge on any atom is -0.465 e. The summed E-state index contributed by atoms with van der Waals surface area (Å²) >= 11 is 5.99. The summed E-state index contributed by atoms with van der Waals surface area (Å²) in [4.78, 5) is 16.5. The van der Waals surface area contributed by atoms with E-state index in [-0.39, 0.29) is 16.7 Å². The largest absolute Gasteiger partial charge is 0.465 e. The van der Waals surface area contributed by atoms with E-state index in [1.165, 1.54) is 23.1 Å². The number of aromatic nitrogens is 1. The summed E-state index contributed by atoms with van der Waals surface area (Å²) in [6.45, 7) is 0.676. The highest BCUT2D eigenvalue weighted by atomic mass is 35.5. The highest BCUT2D eigenvalue weighted by Gasteiger charge is 2.20. The van der Waals surface area contributed by atoms with E-state index in [9.17, 15) is 9.18 Å². The first-order chi connectivity index (χ1) is 11.6. The van der Waals surface area contributed by atoms with Crippen molar-refractivity contribution >= 4 is 23.3 Å². The van der Waals surface area contributed by atoms with Gasteiger partial charge in [0.2, 0.25) is 5.88 Å². The van der Waals surface area contributed by atoms with E-state index in [1.807, 2.05) is 6.08 Å². The molecule has 7 heteroatoms. The number of carbonyl (C=O) groups is 1. The Hall–Kier alpha value is -2.60. The van der Waals surface area contributed by atoms with Crippen LogP contribution in [0.1, 0.15) is 12.0 Å². The summed E-state index contributed by atoms with van der Waals surface area (Å²) in [5.41, 5.74) is 1.60. The zero-order valence-corrected chi connectivity index (χ0v) is 13.3. The lowest BCUT2D eigenvalue weighted by atomic mass is 10.0. The Kier molecular flexibility index (Phi) is 4.66. The molecular formula is C17H14ClFN2O3. The fraction of sp³-hybridized carbons (Fsp3) is 0.176. The fourth-order valence-electron chi connectivity index (χ4n) is 2.48. The maximum atomic E-state index is 13.9. The molecule has 0 spiro atoms. The molecular weight excluding hydrogens is 335 g/mol. The van der Waals surface area contributed by atoms with Gasteiger partial charge in [-0.05, 0) is 36.3 Å². The number of halogens is 2. The Labute approximate surface area is 143 Å². The molecule has 0 unspecified atom stereocenters. The zero-order valence-electron chi connectivity index (χ0n) is 12.6. The van der Waals surface area contributed by atoms with E-state index < -0.39 is 11.9 Å². The van der Waals surface area contributed by atoms with Crippen molar-refractivity contribution in [1.82, 2.24) is 9.88 Å². The van der Waals surface area contributed by atoms with Crippen molar-refractivity contribution in [3.63, 3.8) is 0 Å². The van der Waals surface area contributed by atoms with Gasteiger partial charge in [-0.15, -0.1) is 0 Å². The molecule has 0 aliphatic carbocycles. The van der Waals surface area contributed by atoms with Gasteiger partial charge in [-0.25, -0.2) is 14.2 Å². The zero-order chi connectivity index (χ0) is 17.1. The van der Waals surface area contributed by atoms with Crippen LogP contribution in [0.25, 0.3) is 5.57 Å². The number of amides is 1. The van der Waals surface area contributed by atoms with Gasteiger partial charge in [0.05, 0.1) is 5.02 Å². The molecule has 0 atom stereocenters. The minimum absolute atomic E-state index is 0.0808. The van der Waals surface area contributed by atoms with Crippen molar-refractivity contribution in [1.29, 1.82) is 0 Å². The maximum absolute atomic E-state index is 13.9. The Balaban J connectivity index is 1.91. The number of ether oxygens (including phenoxy) is 1. The van der Waals surface area contributed by atoms with Gasteiger partial charge in [-0.3, -0.25) is 0 Å². The summed E-state index contributed by atoms with van der Waals surface area (Å²) in [5, 5.41) is 9.16. The van der Waals surface area contributed by atoms with E-state index in [2.05, 4.69) is 4.98 Å². The molecule has 0 fully saturated rings. The monoisotopic (exact) mass is 348 g/mol. The third-order valence-corrected chi connectivity index (χ3v) is 4.01. The Morgan fingerprint density at radius 1 is 1.33 bits per heavy atom. The van der Waals surface area contributed by atoms with Crippen LogP contribution in [-0.4, -0.2) is 34.2 Å². The average Bonchev–Trinajstić information content (AvgIpc) is 2.59. The number of pyridine rings is 1. The molecule has 3 rings (SSSR count). The molecule has 0 radical (unpaired) electrons. The summed E-state index contributed by atoms with van der Waals surface area (Å²) in [6.07, 6.45) is 2.93. The molecule has 5 nitrogen and oxygen atoms in total. The van der Waals surface area contributed by atoms with Crippen molar-refractivity contribution in [3.8, 4) is 11.6 Å². The number of para-hydroxylation sites is 1. The van der Waals surface area contributed by atoms with Gasteiger partial charge in [0, 0.05) is 24.8 Å². The fourth-order valence-corrected chi connectivity index (χ4v) is 2.68. The molecule has 1 N–H and O–H groups in total. The van der Waals surface area contributed by atoms with Gasteiger partial charge in [0.15, 0.2) is 11.6 Å². The van der Waals surface area contributed by atoms with Gasteiger partial charge >= 0.3 is 6.09 Å². The summed E-state index contributed by atoms with van der Waals surface area (Å²) in [6, 6.07) is 7.84. The number of carboxylic acid groups (broad SMARTS) is 1. The molecule has 1 aliphatic rings. The normalized spacial score (nSPS) is 14.2. The quantitative estimate of drug-likeness (QED) is 0.891. The molecule has 1 aromatic heterocycles. The van der Waals surface area contributed by atoms with Gasteiger partial charge < -0.3 is 14.7 Å². The first-order valence-corrected chi connectivity index (χ1v) is 7.68. The van der Waals surface area contributed by atoms with Crippen LogP contribution in [0.3, 0.4) is 0 Å². The predicted molar refractivity (Wildman–Crippen MR) is 87.9 cm³/mol. The number of hydrogen-bond donors (Lipinski definition) is 1. The lowest BCUT2D eigenvalue weighted by molar-refractivity contribution is 0.150. The molecule has 1 amide bonds. The van der Waals surface area contributed by atoms with Gasteiger partial charge in [0.1, 0.15) is 0 Å². The van der Waals surface area contributed by atoms with Crippen LogP contribution < -0.4 is 4.74 Å². The molecule has 124 valence electrons. The number of hydrogen-bond acceptors (Lipinski definition) is 3. The van der Waals surface area contributed by atoms with E-state index in [0.717, 1.165) is 5.57 Å². The Bertz CT molecular complexity index is 790. The molecule has 0 saturated heterocycles. The van der Waals surface area contributed by atoms with Crippen LogP contribution in [0, 0.1) is 5.82 Å². The summed E-state index contributed by atoms with van der Waals surface area (Å²) in [5.74, 6) is -0.420. The van der Waals surface area contributed by atoms with Gasteiger partial charge in [0.25, 0.3) is 0 Å². The van der Waals surface area contributed by atoms with E-state index in [0.29, 0.717) is 25.1 Å². The Morgan fingerprint density at radius 3 is 2.83 bits per heavy atom. The van der Waals surface area contributed by atoms with Crippen LogP contribution >= 0.6 is 11.6 Å². The van der Waals surface area contributed by atoms with Crippen molar-refractivity contribution in [3.05, 3.63) is 59.0 Å². The molecule has 2 heterocycles. The van der Waals surface area contributed by atoms with E-state index >= 15 is 0 Å². The maximum Gasteiger partial charge on any atom is 0.407 e. The molecule has 24 heavy (non-hydrogen) atoms. The first-order valence-electron chi connectivity index (χ1n) is 7.30. The van der Waals surface area contributed by atoms with Crippen molar-refractivity contribution in [2.45, 2.75) is 6.42 Å². The van der Waals surface area contributed by atoms with Crippen molar-refractivity contribution in [2.75, 3.05) is 13.1 Å². The van der Waals surface area contributed by atoms with Crippen molar-refractivity contribution in [2.24, 2.45) is 0 Å². The van der Waals surface area contributed by atoms with E-state index in [4.69, 9.17) is 21.4 Å². The SMILES string of the molecule is O=C(O)N1CC=C(c2cccnc2Oc2c(F)cccc2Cl)CC1. The standard InChI is InChI=1S/C17H14ClFN2O3/c18-13-4-1-5-14(19)15(13)24-16-12(3-2-8-20-16)11-6-9-21(10-7-11)17(22)23/h1-6,8H,7,9-10H2,(H,22,23). The molecule has 1 aliphatic heterocycles. The smallest absolute Gasteiger partial charge is 0.407 e. The molecule has 0 saturated carbocycles. The van der Waals surface area contributed by atoms with Crippen LogP contribution in [0.15, 0.2) is 42.6 Å². The average molecular weight is 349 g/mol. The second-order valence-corrected chi connectivity index (χ2v) is 5.62. The predicted octanol–water partition coefficient (Wildman–Crippen LogP) is 4.43. The van der Waals surface area contributed by atoms with Gasteiger partial charge in [-0.1, -0.05) is 23.7 Å². The second-order valence-electron chi connectivity index (χ2n) is 5.22. The highest BCUT2D eigenvalue weighted by molar-refractivity contribution is 6.32. The lowest BCUT2D eigenvalue weighted by Gasteiger charge is -2.24. The number of nitrogens with zero attached hydrogens (tertiary/aromatic N) is 2. The van der Waals surface area contributed by atoms with E-state index in [1.54, 1.807) is 18.3 Å². The minimum atomic E-state index is -0.953. The highest BCUT2D eigenvalue weighted by Crippen LogP contribution is 2.35.